The molecule has 0 aliphatic rings. The molecule has 2 radical (unpaired) electrons. The summed E-state index contributed by atoms with van der Waals surface area (Å²) in [5.74, 6) is 0. The van der Waals surface area contributed by atoms with Gasteiger partial charge in [0.15, 0.2) is 0 Å². The Morgan fingerprint density at radius 3 is 2.43 bits per heavy atom. The van der Waals surface area contributed by atoms with Crippen molar-refractivity contribution in [1.29, 1.82) is 0 Å². The first-order valence-electron chi connectivity index (χ1n) is 1.78. The van der Waals surface area contributed by atoms with Crippen molar-refractivity contribution in [3.05, 3.63) is 16.1 Å². The second-order valence-electron chi connectivity index (χ2n) is 1.18. The van der Waals surface area contributed by atoms with E-state index in [0.29, 0.717) is 5.46 Å². The second-order valence-corrected chi connectivity index (χ2v) is 2.34. The number of hydrogen-bond donors (Lipinski definition) is 0. The number of furan rings is 1. The first-order chi connectivity index (χ1) is 3.30. The van der Waals surface area contributed by atoms with Gasteiger partial charge in [-0.2, -0.15) is 0 Å². The van der Waals surface area contributed by atoms with Crippen molar-refractivity contribution >= 4 is 35.9 Å². The van der Waals surface area contributed by atoms with Crippen LogP contribution in [0.5, 0.6) is 0 Å². The Morgan fingerprint density at radius 1 is 1.57 bits per heavy atom. The molecule has 0 aliphatic heterocycles. The Balaban J connectivity index is 3.12. The van der Waals surface area contributed by atoms with E-state index in [1.54, 1.807) is 6.26 Å². The predicted octanol–water partition coefficient (Wildman–Crippen LogP) is 0.678. The lowest BCUT2D eigenvalue weighted by Crippen LogP contribution is -1.99. The summed E-state index contributed by atoms with van der Waals surface area (Å²) in [5.41, 5.74) is 0.709. The van der Waals surface area contributed by atoms with Crippen LogP contribution in [0.4, 0.5) is 0 Å². The number of halogens is 1. The maximum Gasteiger partial charge on any atom is 0.119 e. The Bertz CT molecular complexity index is 144. The van der Waals surface area contributed by atoms with Gasteiger partial charge in [-0.05, 0) is 28.1 Å². The summed E-state index contributed by atoms with van der Waals surface area (Å²) in [6.07, 6.45) is 3.12. The molecule has 0 aliphatic carbocycles. The summed E-state index contributed by atoms with van der Waals surface area (Å²) < 4.78 is 5.68. The topological polar surface area (TPSA) is 13.1 Å². The first-order valence-corrected chi connectivity index (χ1v) is 2.86. The molecule has 1 rings (SSSR count). The molecular formula is C4H2BIO. The molecule has 0 aromatic carbocycles. The molecule has 0 bridgehead atoms. The molecule has 1 heterocycles. The fourth-order valence-electron chi connectivity index (χ4n) is 0.291. The molecule has 3 heteroatoms. The van der Waals surface area contributed by atoms with Gasteiger partial charge in [-0.1, -0.05) is 0 Å². The lowest BCUT2D eigenvalue weighted by atomic mass is 10.0. The van der Waals surface area contributed by atoms with Crippen LogP contribution in [0, 0.1) is 3.57 Å². The van der Waals surface area contributed by atoms with E-state index in [1.165, 1.54) is 6.26 Å². The van der Waals surface area contributed by atoms with Gasteiger partial charge in [0.2, 0.25) is 0 Å². The normalized spacial score (nSPS) is 9.29. The quantitative estimate of drug-likeness (QED) is 0.447. The van der Waals surface area contributed by atoms with Gasteiger partial charge in [-0.15, -0.1) is 0 Å². The van der Waals surface area contributed by atoms with Crippen LogP contribution in [-0.4, -0.2) is 7.85 Å². The highest BCUT2D eigenvalue weighted by Crippen LogP contribution is 1.97. The highest BCUT2D eigenvalue weighted by atomic mass is 127. The number of rotatable bonds is 0. The van der Waals surface area contributed by atoms with Crippen LogP contribution in [0.15, 0.2) is 16.9 Å². The fourth-order valence-corrected chi connectivity index (χ4v) is 0.565. The highest BCUT2D eigenvalue weighted by Gasteiger charge is 1.90. The monoisotopic (exact) mass is 204 g/mol. The minimum atomic E-state index is 0.709. The molecule has 7 heavy (non-hydrogen) atoms. The Hall–Kier alpha value is 0.0749. The highest BCUT2D eigenvalue weighted by molar-refractivity contribution is 14.1. The largest absolute Gasteiger partial charge is 0.472 e. The van der Waals surface area contributed by atoms with Gasteiger partial charge in [0.25, 0.3) is 0 Å². The van der Waals surface area contributed by atoms with Gasteiger partial charge in [-0.25, -0.2) is 0 Å². The fraction of sp³-hybridized carbons (Fsp3) is 0. The minimum Gasteiger partial charge on any atom is -0.472 e. The Morgan fingerprint density at radius 2 is 2.29 bits per heavy atom. The zero-order valence-corrected chi connectivity index (χ0v) is 5.68. The summed E-state index contributed by atoms with van der Waals surface area (Å²) in [5, 5.41) is 0. The average Bonchev–Trinajstić information content (AvgIpc) is 1.91. The van der Waals surface area contributed by atoms with Crippen molar-refractivity contribution in [2.75, 3.05) is 0 Å². The molecule has 1 nitrogen and oxygen atoms in total. The van der Waals surface area contributed by atoms with Gasteiger partial charge in [0.1, 0.15) is 14.1 Å². The lowest BCUT2D eigenvalue weighted by Gasteiger charge is -1.74. The van der Waals surface area contributed by atoms with Crippen molar-refractivity contribution < 1.29 is 4.42 Å². The van der Waals surface area contributed by atoms with E-state index in [4.69, 9.17) is 12.3 Å². The standard InChI is InChI=1S/C4H2BIO/c5-3-1-7-2-4(3)6/h1-2H. The average molecular weight is 204 g/mol. The van der Waals surface area contributed by atoms with Gasteiger partial charge in [-0.3, -0.25) is 0 Å². The lowest BCUT2D eigenvalue weighted by molar-refractivity contribution is 0.567. The van der Waals surface area contributed by atoms with E-state index in [2.05, 4.69) is 22.6 Å². The maximum atomic E-state index is 5.34. The zero-order valence-electron chi connectivity index (χ0n) is 3.52. The van der Waals surface area contributed by atoms with Crippen molar-refractivity contribution in [2.45, 2.75) is 0 Å². The van der Waals surface area contributed by atoms with Crippen molar-refractivity contribution in [3.63, 3.8) is 0 Å². The van der Waals surface area contributed by atoms with E-state index in [0.717, 1.165) is 3.57 Å². The molecular weight excluding hydrogens is 202 g/mol. The molecule has 0 fully saturated rings. The molecule has 0 N–H and O–H groups in total. The Labute approximate surface area is 56.6 Å². The van der Waals surface area contributed by atoms with Crippen molar-refractivity contribution in [3.8, 4) is 0 Å². The van der Waals surface area contributed by atoms with E-state index in [-0.39, 0.29) is 0 Å². The first kappa shape index (κ1) is 5.22. The molecule has 1 aromatic heterocycles. The van der Waals surface area contributed by atoms with Crippen LogP contribution in [-0.2, 0) is 0 Å². The third-order valence-electron chi connectivity index (χ3n) is 0.642. The van der Waals surface area contributed by atoms with Crippen molar-refractivity contribution in [2.24, 2.45) is 0 Å². The van der Waals surface area contributed by atoms with Gasteiger partial charge >= 0.3 is 0 Å². The second kappa shape index (κ2) is 1.90. The smallest absolute Gasteiger partial charge is 0.119 e. The summed E-state index contributed by atoms with van der Waals surface area (Å²) in [4.78, 5) is 0. The third kappa shape index (κ3) is 0.994. The Kier molecular flexibility index (Phi) is 1.42. The molecule has 1 aromatic rings. The molecule has 0 unspecified atom stereocenters. The van der Waals surface area contributed by atoms with E-state index in [9.17, 15) is 0 Å². The number of hydrogen-bond acceptors (Lipinski definition) is 1. The van der Waals surface area contributed by atoms with Gasteiger partial charge in [0.05, 0.1) is 6.26 Å². The van der Waals surface area contributed by atoms with E-state index in [1.807, 2.05) is 0 Å². The molecule has 0 amide bonds. The molecule has 0 spiro atoms. The summed E-state index contributed by atoms with van der Waals surface area (Å²) in [6.45, 7) is 0. The summed E-state index contributed by atoms with van der Waals surface area (Å²) in [6, 6.07) is 0. The van der Waals surface area contributed by atoms with E-state index < -0.39 is 0 Å². The van der Waals surface area contributed by atoms with Crippen LogP contribution in [0.1, 0.15) is 0 Å². The summed E-state index contributed by atoms with van der Waals surface area (Å²) >= 11 is 2.10. The van der Waals surface area contributed by atoms with Crippen LogP contribution in [0.2, 0.25) is 0 Å². The van der Waals surface area contributed by atoms with Crippen LogP contribution < -0.4 is 5.46 Å². The van der Waals surface area contributed by atoms with Gasteiger partial charge < -0.3 is 4.42 Å². The summed E-state index contributed by atoms with van der Waals surface area (Å²) in [7, 11) is 5.34. The third-order valence-corrected chi connectivity index (χ3v) is 1.52. The van der Waals surface area contributed by atoms with E-state index >= 15 is 0 Å². The predicted molar refractivity (Wildman–Crippen MR) is 36.8 cm³/mol. The van der Waals surface area contributed by atoms with Crippen LogP contribution in [0.3, 0.4) is 0 Å². The van der Waals surface area contributed by atoms with Crippen LogP contribution >= 0.6 is 22.6 Å². The molecule has 0 saturated heterocycles. The maximum absolute atomic E-state index is 5.34. The molecule has 0 saturated carbocycles. The zero-order chi connectivity index (χ0) is 5.28. The molecule has 0 atom stereocenters. The SMILES string of the molecule is [B]c1cocc1I. The van der Waals surface area contributed by atoms with Gasteiger partial charge in [0, 0.05) is 3.57 Å². The van der Waals surface area contributed by atoms with Crippen molar-refractivity contribution in [1.82, 2.24) is 0 Å². The molecule has 34 valence electrons. The minimum absolute atomic E-state index is 0.709. The van der Waals surface area contributed by atoms with Crippen LogP contribution in [0.25, 0.3) is 0 Å².